The summed E-state index contributed by atoms with van der Waals surface area (Å²) in [5, 5.41) is 13.2. The summed E-state index contributed by atoms with van der Waals surface area (Å²) in [6, 6.07) is 9.11. The van der Waals surface area contributed by atoms with Crippen molar-refractivity contribution in [3.8, 4) is 0 Å². The quantitative estimate of drug-likeness (QED) is 0.307. The Morgan fingerprint density at radius 1 is 1.24 bits per heavy atom. The SMILES string of the molecule is C[C@H](CCBr)CCCN(Nc1ccccc1)C(=O)C(O)[C@H](N)CC1CCCCC1. The van der Waals surface area contributed by atoms with Gasteiger partial charge in [0.05, 0.1) is 5.69 Å². The second-order valence-corrected chi connectivity index (χ2v) is 9.33. The van der Waals surface area contributed by atoms with Gasteiger partial charge in [-0.25, -0.2) is 0 Å². The van der Waals surface area contributed by atoms with Gasteiger partial charge in [-0.3, -0.25) is 15.2 Å². The molecule has 3 atom stereocenters. The van der Waals surface area contributed by atoms with Crippen LogP contribution in [0.3, 0.4) is 0 Å². The Hall–Kier alpha value is -1.11. The van der Waals surface area contributed by atoms with Crippen molar-refractivity contribution in [2.45, 2.75) is 76.9 Å². The number of carbonyl (C=O) groups is 1. The number of hydrogen-bond acceptors (Lipinski definition) is 4. The van der Waals surface area contributed by atoms with Gasteiger partial charge in [-0.15, -0.1) is 0 Å². The summed E-state index contributed by atoms with van der Waals surface area (Å²) >= 11 is 3.49. The number of anilines is 1. The molecule has 1 aliphatic rings. The van der Waals surface area contributed by atoms with E-state index in [9.17, 15) is 9.90 Å². The van der Waals surface area contributed by atoms with Crippen LogP contribution in [0, 0.1) is 11.8 Å². The molecule has 0 aromatic heterocycles. The van der Waals surface area contributed by atoms with E-state index >= 15 is 0 Å². The lowest BCUT2D eigenvalue weighted by atomic mass is 9.84. The van der Waals surface area contributed by atoms with Gasteiger partial charge in [0.15, 0.2) is 0 Å². The number of nitrogens with two attached hydrogens (primary N) is 1. The second kappa shape index (κ2) is 13.2. The van der Waals surface area contributed by atoms with Crippen molar-refractivity contribution in [3.63, 3.8) is 0 Å². The number of carbonyl (C=O) groups excluding carboxylic acids is 1. The fourth-order valence-electron chi connectivity index (χ4n) is 4.10. The number of hydrogen-bond donors (Lipinski definition) is 3. The summed E-state index contributed by atoms with van der Waals surface area (Å²) in [6.45, 7) is 2.78. The van der Waals surface area contributed by atoms with Crippen LogP contribution in [0.5, 0.6) is 0 Å². The van der Waals surface area contributed by atoms with E-state index in [-0.39, 0.29) is 5.91 Å². The Kier molecular flexibility index (Phi) is 11.0. The van der Waals surface area contributed by atoms with Crippen LogP contribution in [0.4, 0.5) is 5.69 Å². The zero-order valence-corrected chi connectivity index (χ0v) is 19.3. The monoisotopic (exact) mass is 467 g/mol. The molecule has 5 nitrogen and oxygen atoms in total. The molecule has 0 saturated heterocycles. The molecule has 1 aromatic rings. The third-order valence-corrected chi connectivity index (χ3v) is 6.43. The van der Waals surface area contributed by atoms with Crippen LogP contribution < -0.4 is 11.2 Å². The molecule has 0 heterocycles. The van der Waals surface area contributed by atoms with Crippen molar-refractivity contribution in [1.29, 1.82) is 0 Å². The van der Waals surface area contributed by atoms with Crippen LogP contribution in [0.1, 0.15) is 64.7 Å². The first-order valence-electron chi connectivity index (χ1n) is 11.1. The summed E-state index contributed by atoms with van der Waals surface area (Å²) in [7, 11) is 0. The largest absolute Gasteiger partial charge is 0.382 e. The van der Waals surface area contributed by atoms with E-state index in [1.807, 2.05) is 30.3 Å². The summed E-state index contributed by atoms with van der Waals surface area (Å²) in [5.74, 6) is 0.800. The highest BCUT2D eigenvalue weighted by Crippen LogP contribution is 2.27. The highest BCUT2D eigenvalue weighted by atomic mass is 79.9. The third kappa shape index (κ3) is 8.65. The average Bonchev–Trinajstić information content (AvgIpc) is 2.73. The number of amides is 1. The number of nitrogens with zero attached hydrogens (tertiary/aromatic N) is 1. The maximum absolute atomic E-state index is 13.1. The van der Waals surface area contributed by atoms with Crippen molar-refractivity contribution in [2.75, 3.05) is 17.3 Å². The molecule has 1 amide bonds. The lowest BCUT2D eigenvalue weighted by Gasteiger charge is -2.31. The normalized spacial score (nSPS) is 18.1. The minimum absolute atomic E-state index is 0.328. The molecular formula is C23H38BrN3O2. The first-order chi connectivity index (χ1) is 14.0. The molecule has 0 aliphatic heterocycles. The molecule has 1 saturated carbocycles. The summed E-state index contributed by atoms with van der Waals surface area (Å²) in [4.78, 5) is 13.1. The number of rotatable bonds is 12. The van der Waals surface area contributed by atoms with Crippen molar-refractivity contribution >= 4 is 27.5 Å². The number of benzene rings is 1. The van der Waals surface area contributed by atoms with Gasteiger partial charge in [-0.05, 0) is 49.7 Å². The predicted octanol–water partition coefficient (Wildman–Crippen LogP) is 4.70. The van der Waals surface area contributed by atoms with Crippen LogP contribution in [0.2, 0.25) is 0 Å². The Balaban J connectivity index is 1.95. The third-order valence-electron chi connectivity index (χ3n) is 5.97. The Morgan fingerprint density at radius 2 is 1.93 bits per heavy atom. The number of hydrazine groups is 1. The standard InChI is InChI=1S/C23H38BrN3O2/c1-18(14-15-24)9-8-16-27(26-20-12-6-3-7-13-20)23(29)22(28)21(25)17-19-10-4-2-5-11-19/h3,6-7,12-13,18-19,21-22,26,28H,2,4-5,8-11,14-17,25H2,1H3/t18-,21+,22?/m0/s1. The van der Waals surface area contributed by atoms with Gasteiger partial charge in [0.25, 0.3) is 5.91 Å². The molecule has 0 bridgehead atoms. The molecular weight excluding hydrogens is 430 g/mol. The van der Waals surface area contributed by atoms with Gasteiger partial charge in [0, 0.05) is 17.9 Å². The smallest absolute Gasteiger partial charge is 0.271 e. The Labute approximate surface area is 184 Å². The highest BCUT2D eigenvalue weighted by Gasteiger charge is 2.30. The molecule has 6 heteroatoms. The van der Waals surface area contributed by atoms with Gasteiger partial charge in [0.2, 0.25) is 0 Å². The van der Waals surface area contributed by atoms with E-state index in [0.717, 1.165) is 43.1 Å². The molecule has 1 aromatic carbocycles. The zero-order chi connectivity index (χ0) is 21.1. The topological polar surface area (TPSA) is 78.6 Å². The minimum atomic E-state index is -1.17. The van der Waals surface area contributed by atoms with Crippen molar-refractivity contribution in [1.82, 2.24) is 5.01 Å². The molecule has 0 radical (unpaired) electrons. The van der Waals surface area contributed by atoms with Gasteiger partial charge in [-0.1, -0.05) is 73.2 Å². The van der Waals surface area contributed by atoms with Crippen molar-refractivity contribution in [3.05, 3.63) is 30.3 Å². The second-order valence-electron chi connectivity index (χ2n) is 8.54. The lowest BCUT2D eigenvalue weighted by Crippen LogP contribution is -2.51. The first kappa shape index (κ1) is 24.2. The predicted molar refractivity (Wildman–Crippen MR) is 124 cm³/mol. The molecule has 0 spiro atoms. The number of aliphatic hydroxyl groups excluding tert-OH is 1. The van der Waals surface area contributed by atoms with Crippen molar-refractivity contribution in [2.24, 2.45) is 17.6 Å². The molecule has 29 heavy (non-hydrogen) atoms. The summed E-state index contributed by atoms with van der Waals surface area (Å²) in [5.41, 5.74) is 10.3. The summed E-state index contributed by atoms with van der Waals surface area (Å²) in [6.07, 6.45) is 8.65. The van der Waals surface area contributed by atoms with Crippen LogP contribution in [0.15, 0.2) is 30.3 Å². The molecule has 164 valence electrons. The van der Waals surface area contributed by atoms with E-state index in [2.05, 4.69) is 28.3 Å². The van der Waals surface area contributed by atoms with Crippen molar-refractivity contribution < 1.29 is 9.90 Å². The van der Waals surface area contributed by atoms with Gasteiger partial charge >= 0.3 is 0 Å². The first-order valence-corrected chi connectivity index (χ1v) is 12.3. The van der Waals surface area contributed by atoms with Gasteiger partial charge in [0.1, 0.15) is 6.10 Å². The maximum atomic E-state index is 13.1. The van der Waals surface area contributed by atoms with Crippen LogP contribution in [-0.2, 0) is 4.79 Å². The van der Waals surface area contributed by atoms with Gasteiger partial charge in [-0.2, -0.15) is 0 Å². The van der Waals surface area contributed by atoms with E-state index in [4.69, 9.17) is 5.73 Å². The fraction of sp³-hybridized carbons (Fsp3) is 0.696. The lowest BCUT2D eigenvalue weighted by molar-refractivity contribution is -0.140. The van der Waals surface area contributed by atoms with Crippen LogP contribution in [-0.4, -0.2) is 40.0 Å². The molecule has 4 N–H and O–H groups in total. The maximum Gasteiger partial charge on any atom is 0.271 e. The van der Waals surface area contributed by atoms with E-state index in [1.165, 1.54) is 19.3 Å². The van der Waals surface area contributed by atoms with E-state index < -0.39 is 12.1 Å². The van der Waals surface area contributed by atoms with Gasteiger partial charge < -0.3 is 10.8 Å². The Morgan fingerprint density at radius 3 is 2.59 bits per heavy atom. The molecule has 1 fully saturated rings. The van der Waals surface area contributed by atoms with E-state index in [1.54, 1.807) is 5.01 Å². The Bertz CT molecular complexity index is 581. The number of para-hydroxylation sites is 1. The minimum Gasteiger partial charge on any atom is -0.382 e. The fourth-order valence-corrected chi connectivity index (χ4v) is 4.88. The number of nitrogens with one attached hydrogen (secondary N) is 1. The molecule has 2 rings (SSSR count). The average molecular weight is 468 g/mol. The van der Waals surface area contributed by atoms with E-state index in [0.29, 0.717) is 24.8 Å². The molecule has 1 aliphatic carbocycles. The zero-order valence-electron chi connectivity index (χ0n) is 17.7. The number of aliphatic hydroxyl groups is 1. The van der Waals surface area contributed by atoms with Crippen LogP contribution in [0.25, 0.3) is 0 Å². The molecule has 1 unspecified atom stereocenters. The summed E-state index contributed by atoms with van der Waals surface area (Å²) < 4.78 is 0. The highest BCUT2D eigenvalue weighted by molar-refractivity contribution is 9.09. The van der Waals surface area contributed by atoms with Crippen LogP contribution >= 0.6 is 15.9 Å². The number of halogens is 1. The number of alkyl halides is 1.